The molecular weight excluding hydrogens is 396 g/mol. The van der Waals surface area contributed by atoms with Crippen LogP contribution >= 0.6 is 0 Å². The van der Waals surface area contributed by atoms with Crippen molar-refractivity contribution >= 4 is 17.8 Å². The third-order valence-electron chi connectivity index (χ3n) is 5.70. The van der Waals surface area contributed by atoms with Gasteiger partial charge in [-0.2, -0.15) is 0 Å². The Hall–Kier alpha value is -3.35. The van der Waals surface area contributed by atoms with Gasteiger partial charge in [-0.1, -0.05) is 42.5 Å². The van der Waals surface area contributed by atoms with E-state index in [1.807, 2.05) is 54.6 Å². The molecule has 1 N–H and O–H groups in total. The lowest BCUT2D eigenvalue weighted by atomic mass is 10.0. The maximum Gasteiger partial charge on any atom is 0.303 e. The Morgan fingerprint density at radius 3 is 2.29 bits per heavy atom. The first-order chi connectivity index (χ1) is 14.9. The van der Waals surface area contributed by atoms with Crippen LogP contribution in [0.2, 0.25) is 0 Å². The van der Waals surface area contributed by atoms with Crippen LogP contribution in [0.5, 0.6) is 5.75 Å². The van der Waals surface area contributed by atoms with E-state index in [0.717, 1.165) is 11.1 Å². The molecule has 0 aliphatic carbocycles. The van der Waals surface area contributed by atoms with Gasteiger partial charge in [0.1, 0.15) is 18.0 Å². The Kier molecular flexibility index (Phi) is 7.28. The summed E-state index contributed by atoms with van der Waals surface area (Å²) >= 11 is 0. The zero-order chi connectivity index (χ0) is 22.4. The minimum Gasteiger partial charge on any atom is -0.497 e. The minimum absolute atomic E-state index is 0.127. The molecule has 7 nitrogen and oxygen atoms in total. The number of hydrogen-bond acceptors (Lipinski definition) is 4. The SMILES string of the molecule is COc1ccc(CC2C(=O)N(C)C(CCc3ccccc3)N2C(=O)CCC(=O)O)cc1. The summed E-state index contributed by atoms with van der Waals surface area (Å²) < 4.78 is 5.19. The minimum atomic E-state index is -1.03. The van der Waals surface area contributed by atoms with Gasteiger partial charge in [0.2, 0.25) is 11.8 Å². The van der Waals surface area contributed by atoms with E-state index >= 15 is 0 Å². The molecule has 0 aromatic heterocycles. The summed E-state index contributed by atoms with van der Waals surface area (Å²) in [6.07, 6.45) is 0.877. The van der Waals surface area contributed by atoms with Crippen molar-refractivity contribution in [1.29, 1.82) is 0 Å². The van der Waals surface area contributed by atoms with Crippen LogP contribution in [0.4, 0.5) is 0 Å². The third kappa shape index (κ3) is 5.42. The summed E-state index contributed by atoms with van der Waals surface area (Å²) in [5.74, 6) is -0.747. The van der Waals surface area contributed by atoms with E-state index in [1.54, 1.807) is 24.0 Å². The third-order valence-corrected chi connectivity index (χ3v) is 5.70. The Morgan fingerprint density at radius 1 is 1.00 bits per heavy atom. The van der Waals surface area contributed by atoms with Gasteiger partial charge in [0.05, 0.1) is 13.5 Å². The lowest BCUT2D eigenvalue weighted by molar-refractivity contribution is -0.142. The first-order valence-electron chi connectivity index (χ1n) is 10.4. The normalized spacial score (nSPS) is 18.3. The largest absolute Gasteiger partial charge is 0.497 e. The number of benzene rings is 2. The molecule has 1 saturated heterocycles. The molecule has 2 unspecified atom stereocenters. The molecule has 164 valence electrons. The number of carbonyl (C=O) groups excluding carboxylic acids is 2. The van der Waals surface area contributed by atoms with Gasteiger partial charge in [0.25, 0.3) is 0 Å². The van der Waals surface area contributed by atoms with Crippen LogP contribution in [0.3, 0.4) is 0 Å². The molecule has 1 fully saturated rings. The Labute approximate surface area is 182 Å². The van der Waals surface area contributed by atoms with Crippen LogP contribution in [0.1, 0.15) is 30.4 Å². The monoisotopic (exact) mass is 424 g/mol. The predicted molar refractivity (Wildman–Crippen MR) is 116 cm³/mol. The van der Waals surface area contributed by atoms with E-state index in [-0.39, 0.29) is 24.7 Å². The summed E-state index contributed by atoms with van der Waals surface area (Å²) in [4.78, 5) is 40.4. The van der Waals surface area contributed by atoms with Crippen molar-refractivity contribution in [3.05, 3.63) is 65.7 Å². The molecule has 2 atom stereocenters. The first-order valence-corrected chi connectivity index (χ1v) is 10.4. The van der Waals surface area contributed by atoms with Gasteiger partial charge in [0.15, 0.2) is 0 Å². The highest BCUT2D eigenvalue weighted by atomic mass is 16.5. The fourth-order valence-electron chi connectivity index (χ4n) is 4.02. The fourth-order valence-corrected chi connectivity index (χ4v) is 4.02. The number of nitrogens with zero attached hydrogens (tertiary/aromatic N) is 2. The van der Waals surface area contributed by atoms with E-state index < -0.39 is 18.2 Å². The molecule has 7 heteroatoms. The summed E-state index contributed by atoms with van der Waals surface area (Å²) in [6, 6.07) is 16.6. The maximum absolute atomic E-state index is 13.1. The van der Waals surface area contributed by atoms with Crippen LogP contribution in [-0.4, -0.2) is 59.1 Å². The molecule has 1 heterocycles. The van der Waals surface area contributed by atoms with Crippen molar-refractivity contribution in [2.24, 2.45) is 0 Å². The second-order valence-corrected chi connectivity index (χ2v) is 7.72. The number of likely N-dealkylation sites (N-methyl/N-ethyl adjacent to an activating group) is 1. The predicted octanol–water partition coefficient (Wildman–Crippen LogP) is 2.73. The highest BCUT2D eigenvalue weighted by molar-refractivity contribution is 5.92. The summed E-state index contributed by atoms with van der Waals surface area (Å²) in [5, 5.41) is 9.02. The topological polar surface area (TPSA) is 87.2 Å². The first kappa shape index (κ1) is 22.3. The molecule has 31 heavy (non-hydrogen) atoms. The Morgan fingerprint density at radius 2 is 1.68 bits per heavy atom. The Bertz CT molecular complexity index is 913. The van der Waals surface area contributed by atoms with Crippen molar-refractivity contribution in [3.8, 4) is 5.75 Å². The van der Waals surface area contributed by atoms with Crippen LogP contribution in [0, 0.1) is 0 Å². The van der Waals surface area contributed by atoms with E-state index in [0.29, 0.717) is 25.0 Å². The van der Waals surface area contributed by atoms with Crippen molar-refractivity contribution in [1.82, 2.24) is 9.80 Å². The van der Waals surface area contributed by atoms with Gasteiger partial charge in [0, 0.05) is 19.9 Å². The van der Waals surface area contributed by atoms with E-state index in [4.69, 9.17) is 9.84 Å². The number of aliphatic carboxylic acids is 1. The van der Waals surface area contributed by atoms with Crippen LogP contribution < -0.4 is 4.74 Å². The van der Waals surface area contributed by atoms with Crippen LogP contribution in [0.25, 0.3) is 0 Å². The summed E-state index contributed by atoms with van der Waals surface area (Å²) in [6.45, 7) is 0. The van der Waals surface area contributed by atoms with Gasteiger partial charge < -0.3 is 19.6 Å². The number of carboxylic acids is 1. The number of ether oxygens (including phenoxy) is 1. The van der Waals surface area contributed by atoms with Crippen molar-refractivity contribution in [2.45, 2.75) is 44.3 Å². The lowest BCUT2D eigenvalue weighted by Crippen LogP contribution is -2.45. The van der Waals surface area contributed by atoms with Crippen LogP contribution in [-0.2, 0) is 27.2 Å². The van der Waals surface area contributed by atoms with Gasteiger partial charge in [-0.05, 0) is 36.1 Å². The molecule has 2 aromatic carbocycles. The second-order valence-electron chi connectivity index (χ2n) is 7.72. The van der Waals surface area contributed by atoms with Gasteiger partial charge in [-0.25, -0.2) is 0 Å². The fraction of sp³-hybridized carbons (Fsp3) is 0.375. The molecule has 1 aliphatic heterocycles. The standard InChI is InChI=1S/C24H28N2O5/c1-25-21(13-10-17-6-4-3-5-7-17)26(22(27)14-15-23(28)29)20(24(25)30)16-18-8-11-19(31-2)12-9-18/h3-9,11-12,20-21H,10,13-16H2,1-2H3,(H,28,29). The van der Waals surface area contributed by atoms with E-state index in [1.165, 1.54) is 0 Å². The van der Waals surface area contributed by atoms with Gasteiger partial charge in [-0.15, -0.1) is 0 Å². The molecule has 3 rings (SSSR count). The zero-order valence-electron chi connectivity index (χ0n) is 17.9. The number of hydrogen-bond donors (Lipinski definition) is 1. The van der Waals surface area contributed by atoms with Gasteiger partial charge in [-0.3, -0.25) is 14.4 Å². The number of rotatable bonds is 9. The van der Waals surface area contributed by atoms with Crippen LogP contribution in [0.15, 0.2) is 54.6 Å². The Balaban J connectivity index is 1.82. The van der Waals surface area contributed by atoms with Crippen molar-refractivity contribution < 1.29 is 24.2 Å². The zero-order valence-corrected chi connectivity index (χ0v) is 17.9. The number of amides is 2. The molecular formula is C24H28N2O5. The van der Waals surface area contributed by atoms with E-state index in [2.05, 4.69) is 0 Å². The quantitative estimate of drug-likeness (QED) is 0.669. The average Bonchev–Trinajstić information content (AvgIpc) is 3.01. The van der Waals surface area contributed by atoms with Gasteiger partial charge >= 0.3 is 5.97 Å². The second kappa shape index (κ2) is 10.1. The van der Waals surface area contributed by atoms with Crippen molar-refractivity contribution in [3.63, 3.8) is 0 Å². The lowest BCUT2D eigenvalue weighted by Gasteiger charge is -2.30. The average molecular weight is 424 g/mol. The highest BCUT2D eigenvalue weighted by Crippen LogP contribution is 2.28. The molecule has 2 aromatic rings. The number of carboxylic acid groups (broad SMARTS) is 1. The molecule has 0 radical (unpaired) electrons. The molecule has 0 bridgehead atoms. The number of methoxy groups -OCH3 is 1. The highest BCUT2D eigenvalue weighted by Gasteiger charge is 2.46. The van der Waals surface area contributed by atoms with E-state index in [9.17, 15) is 14.4 Å². The summed E-state index contributed by atoms with van der Waals surface area (Å²) in [7, 11) is 3.30. The summed E-state index contributed by atoms with van der Waals surface area (Å²) in [5.41, 5.74) is 2.03. The molecule has 1 aliphatic rings. The smallest absolute Gasteiger partial charge is 0.303 e. The molecule has 2 amide bonds. The maximum atomic E-state index is 13.1. The number of carbonyl (C=O) groups is 3. The number of aryl methyl sites for hydroxylation is 1. The molecule has 0 spiro atoms. The molecule has 0 saturated carbocycles. The van der Waals surface area contributed by atoms with Crippen molar-refractivity contribution in [2.75, 3.05) is 14.2 Å².